The van der Waals surface area contributed by atoms with Gasteiger partial charge >= 0.3 is 0 Å². The first-order valence-electron chi connectivity index (χ1n) is 7.64. The zero-order chi connectivity index (χ0) is 14.8. The van der Waals surface area contributed by atoms with Crippen LogP contribution < -0.4 is 4.90 Å². The fourth-order valence-corrected chi connectivity index (χ4v) is 4.29. The summed E-state index contributed by atoms with van der Waals surface area (Å²) >= 11 is 0. The average Bonchev–Trinajstić information content (AvgIpc) is 3.09. The molecule has 0 aromatic heterocycles. The van der Waals surface area contributed by atoms with E-state index in [1.807, 2.05) is 32.0 Å². The Hall–Kier alpha value is -1.90. The van der Waals surface area contributed by atoms with Crippen LogP contribution in [0.3, 0.4) is 0 Å². The predicted molar refractivity (Wildman–Crippen MR) is 80.8 cm³/mol. The highest BCUT2D eigenvalue weighted by Gasteiger charge is 2.60. The van der Waals surface area contributed by atoms with E-state index in [-0.39, 0.29) is 17.7 Å². The van der Waals surface area contributed by atoms with E-state index < -0.39 is 5.41 Å². The maximum Gasteiger partial charge on any atom is 0.241 e. The number of hydrogen-bond donors (Lipinski definition) is 0. The molecule has 3 nitrogen and oxygen atoms in total. The number of benzene rings is 1. The van der Waals surface area contributed by atoms with Gasteiger partial charge in [-0.05, 0) is 61.8 Å². The number of allylic oxidation sites excluding steroid dienone is 2. The van der Waals surface area contributed by atoms with Crippen molar-refractivity contribution >= 4 is 17.5 Å². The van der Waals surface area contributed by atoms with E-state index in [0.29, 0.717) is 12.3 Å². The molecule has 2 fully saturated rings. The number of fused-ring (bicyclic) bond motifs is 3. The summed E-state index contributed by atoms with van der Waals surface area (Å²) in [5.74, 6) is 0.735. The highest BCUT2D eigenvalue weighted by Crippen LogP contribution is 2.57. The van der Waals surface area contributed by atoms with Crippen molar-refractivity contribution in [1.82, 2.24) is 0 Å². The van der Waals surface area contributed by atoms with Crippen LogP contribution in [0.1, 0.15) is 30.4 Å². The van der Waals surface area contributed by atoms with Gasteiger partial charge in [-0.3, -0.25) is 14.5 Å². The van der Waals surface area contributed by atoms with Crippen molar-refractivity contribution in [3.05, 3.63) is 41.5 Å². The monoisotopic (exact) mass is 281 g/mol. The molecule has 1 aliphatic heterocycles. The topological polar surface area (TPSA) is 37.4 Å². The van der Waals surface area contributed by atoms with Crippen molar-refractivity contribution < 1.29 is 9.59 Å². The van der Waals surface area contributed by atoms with Crippen molar-refractivity contribution in [3.63, 3.8) is 0 Å². The summed E-state index contributed by atoms with van der Waals surface area (Å²) in [5.41, 5.74) is 2.57. The number of aryl methyl sites for hydroxylation is 2. The number of carbonyl (C=O) groups is 2. The minimum absolute atomic E-state index is 0.0209. The standard InChI is InChI=1S/C18H19NO2/c1-11-3-6-15(7-12(11)2)19-16(20)10-18(17(19)21)9-13-4-5-14(18)8-13/h3-7,13-14H,8-10H2,1-2H3/t13-,14+,18-/m0/s1. The predicted octanol–water partition coefficient (Wildman–Crippen LogP) is 3.15. The Morgan fingerprint density at radius 1 is 1.14 bits per heavy atom. The lowest BCUT2D eigenvalue weighted by atomic mass is 9.74. The van der Waals surface area contributed by atoms with Crippen molar-refractivity contribution in [2.45, 2.75) is 33.1 Å². The van der Waals surface area contributed by atoms with E-state index in [2.05, 4.69) is 12.2 Å². The second kappa shape index (κ2) is 4.06. The van der Waals surface area contributed by atoms with Crippen molar-refractivity contribution in [1.29, 1.82) is 0 Å². The van der Waals surface area contributed by atoms with Gasteiger partial charge in [0, 0.05) is 6.42 Å². The summed E-state index contributed by atoms with van der Waals surface area (Å²) in [5, 5.41) is 0. The molecule has 1 aromatic carbocycles. The van der Waals surface area contributed by atoms with E-state index >= 15 is 0 Å². The Labute approximate surface area is 124 Å². The van der Waals surface area contributed by atoms with Crippen LogP contribution in [0.4, 0.5) is 5.69 Å². The smallest absolute Gasteiger partial charge is 0.241 e. The molecule has 4 rings (SSSR count). The molecule has 0 N–H and O–H groups in total. The van der Waals surface area contributed by atoms with Crippen LogP contribution in [0.15, 0.2) is 30.4 Å². The van der Waals surface area contributed by atoms with Crippen LogP contribution in [0.2, 0.25) is 0 Å². The third kappa shape index (κ3) is 1.60. The molecule has 2 aliphatic carbocycles. The molecule has 21 heavy (non-hydrogen) atoms. The van der Waals surface area contributed by atoms with E-state index in [1.54, 1.807) is 0 Å². The van der Waals surface area contributed by atoms with Crippen molar-refractivity contribution in [2.75, 3.05) is 4.90 Å². The first kappa shape index (κ1) is 12.8. The number of carbonyl (C=O) groups excluding carboxylic acids is 2. The highest BCUT2D eigenvalue weighted by molar-refractivity contribution is 6.23. The Morgan fingerprint density at radius 3 is 2.57 bits per heavy atom. The summed E-state index contributed by atoms with van der Waals surface area (Å²) in [7, 11) is 0. The van der Waals surface area contributed by atoms with Gasteiger partial charge in [-0.25, -0.2) is 0 Å². The van der Waals surface area contributed by atoms with Gasteiger partial charge in [0.25, 0.3) is 0 Å². The van der Waals surface area contributed by atoms with E-state index in [0.717, 1.165) is 24.1 Å². The number of nitrogens with zero attached hydrogens (tertiary/aromatic N) is 1. The second-order valence-electron chi connectivity index (χ2n) is 6.83. The third-order valence-electron chi connectivity index (χ3n) is 5.60. The highest BCUT2D eigenvalue weighted by atomic mass is 16.2. The molecule has 2 amide bonds. The summed E-state index contributed by atoms with van der Waals surface area (Å²) in [4.78, 5) is 26.9. The largest absolute Gasteiger partial charge is 0.274 e. The average molecular weight is 281 g/mol. The number of imide groups is 1. The molecule has 1 saturated heterocycles. The zero-order valence-electron chi connectivity index (χ0n) is 12.4. The Kier molecular flexibility index (Phi) is 2.48. The fraction of sp³-hybridized carbons (Fsp3) is 0.444. The molecule has 2 bridgehead atoms. The van der Waals surface area contributed by atoms with Crippen LogP contribution in [0.5, 0.6) is 0 Å². The van der Waals surface area contributed by atoms with Gasteiger partial charge in [0.05, 0.1) is 11.1 Å². The molecule has 0 radical (unpaired) electrons. The van der Waals surface area contributed by atoms with E-state index in [9.17, 15) is 9.59 Å². The van der Waals surface area contributed by atoms with Crippen molar-refractivity contribution in [3.8, 4) is 0 Å². The first-order valence-corrected chi connectivity index (χ1v) is 7.64. The molecule has 108 valence electrons. The van der Waals surface area contributed by atoms with Crippen LogP contribution in [-0.2, 0) is 9.59 Å². The molecule has 3 aliphatic rings. The minimum atomic E-state index is -0.449. The summed E-state index contributed by atoms with van der Waals surface area (Å²) in [6, 6.07) is 5.82. The molecule has 0 unspecified atom stereocenters. The lowest BCUT2D eigenvalue weighted by molar-refractivity contribution is -0.126. The third-order valence-corrected chi connectivity index (χ3v) is 5.60. The lowest BCUT2D eigenvalue weighted by Crippen LogP contribution is -2.38. The maximum atomic E-state index is 13.0. The van der Waals surface area contributed by atoms with Gasteiger partial charge in [-0.15, -0.1) is 0 Å². The maximum absolute atomic E-state index is 13.0. The van der Waals surface area contributed by atoms with Crippen LogP contribution >= 0.6 is 0 Å². The summed E-state index contributed by atoms with van der Waals surface area (Å²) in [6.45, 7) is 4.05. The van der Waals surface area contributed by atoms with E-state index in [4.69, 9.17) is 0 Å². The molecule has 1 spiro atoms. The molecule has 3 atom stereocenters. The van der Waals surface area contributed by atoms with Gasteiger partial charge < -0.3 is 0 Å². The SMILES string of the molecule is Cc1ccc(N2C(=O)C[C@]3(C[C@H]4C=C[C@@H]3C4)C2=O)cc1C. The van der Waals surface area contributed by atoms with Crippen molar-refractivity contribution in [2.24, 2.45) is 17.3 Å². The van der Waals surface area contributed by atoms with Gasteiger partial charge in [-0.2, -0.15) is 0 Å². The molecule has 1 heterocycles. The van der Waals surface area contributed by atoms with Crippen LogP contribution in [-0.4, -0.2) is 11.8 Å². The van der Waals surface area contributed by atoms with Gasteiger partial charge in [-0.1, -0.05) is 18.2 Å². The lowest BCUT2D eigenvalue weighted by Gasteiger charge is -2.28. The van der Waals surface area contributed by atoms with Gasteiger partial charge in [0.2, 0.25) is 11.8 Å². The number of amides is 2. The Bertz CT molecular complexity index is 690. The van der Waals surface area contributed by atoms with Crippen LogP contribution in [0, 0.1) is 31.1 Å². The fourth-order valence-electron chi connectivity index (χ4n) is 4.29. The zero-order valence-corrected chi connectivity index (χ0v) is 12.4. The van der Waals surface area contributed by atoms with Gasteiger partial charge in [0.15, 0.2) is 0 Å². The molecule has 1 saturated carbocycles. The first-order chi connectivity index (χ1) is 10.0. The Morgan fingerprint density at radius 2 is 1.95 bits per heavy atom. The van der Waals surface area contributed by atoms with Crippen LogP contribution in [0.25, 0.3) is 0 Å². The van der Waals surface area contributed by atoms with E-state index in [1.165, 1.54) is 10.5 Å². The number of rotatable bonds is 1. The van der Waals surface area contributed by atoms with Gasteiger partial charge in [0.1, 0.15) is 0 Å². The normalized spacial score (nSPS) is 33.7. The quantitative estimate of drug-likeness (QED) is 0.586. The number of hydrogen-bond acceptors (Lipinski definition) is 2. The summed E-state index contributed by atoms with van der Waals surface area (Å²) < 4.78 is 0. The second-order valence-corrected chi connectivity index (χ2v) is 6.83. The molecule has 1 aromatic rings. The summed E-state index contributed by atoms with van der Waals surface area (Å²) in [6.07, 6.45) is 6.64. The number of anilines is 1. The Balaban J connectivity index is 1.74. The molecule has 3 heteroatoms. The minimum Gasteiger partial charge on any atom is -0.274 e. The molecular weight excluding hydrogens is 262 g/mol. The molecular formula is C18H19NO2.